The van der Waals surface area contributed by atoms with Crippen LogP contribution in [0, 0.1) is 12.7 Å². The molecule has 0 unspecified atom stereocenters. The van der Waals surface area contributed by atoms with Gasteiger partial charge in [0, 0.05) is 5.56 Å². The monoisotopic (exact) mass is 296 g/mol. The highest BCUT2D eigenvalue weighted by Gasteiger charge is 2.08. The lowest BCUT2D eigenvalue weighted by molar-refractivity contribution is 0.629. The van der Waals surface area contributed by atoms with Crippen LogP contribution in [0.25, 0.3) is 22.3 Å². The molecule has 104 valence electrons. The second kappa shape index (κ2) is 5.71. The summed E-state index contributed by atoms with van der Waals surface area (Å²) in [5.41, 5.74) is 5.16. The van der Waals surface area contributed by atoms with Gasteiger partial charge in [0.05, 0.1) is 5.02 Å². The Kier molecular flexibility index (Phi) is 3.76. The Bertz CT molecular complexity index is 759. The topological polar surface area (TPSA) is 0 Å². The van der Waals surface area contributed by atoms with Crippen molar-refractivity contribution in [1.29, 1.82) is 0 Å². The maximum Gasteiger partial charge on any atom is 0.142 e. The molecule has 3 aromatic carbocycles. The molecule has 0 aromatic heterocycles. The molecule has 0 heterocycles. The Morgan fingerprint density at radius 1 is 0.714 bits per heavy atom. The maximum absolute atomic E-state index is 13.5. The number of hydrogen-bond donors (Lipinski definition) is 0. The highest BCUT2D eigenvalue weighted by atomic mass is 35.5. The van der Waals surface area contributed by atoms with Crippen molar-refractivity contribution < 1.29 is 4.39 Å². The van der Waals surface area contributed by atoms with Crippen molar-refractivity contribution in [3.8, 4) is 22.3 Å². The quantitative estimate of drug-likeness (QED) is 0.534. The summed E-state index contributed by atoms with van der Waals surface area (Å²) in [6, 6.07) is 21.2. The third kappa shape index (κ3) is 2.84. The van der Waals surface area contributed by atoms with Crippen molar-refractivity contribution in [2.45, 2.75) is 6.92 Å². The van der Waals surface area contributed by atoms with E-state index in [4.69, 9.17) is 11.6 Å². The molecule has 0 radical (unpaired) electrons. The zero-order valence-electron chi connectivity index (χ0n) is 11.6. The summed E-state index contributed by atoms with van der Waals surface area (Å²) in [4.78, 5) is 0. The summed E-state index contributed by atoms with van der Waals surface area (Å²) in [6.07, 6.45) is 0. The minimum absolute atomic E-state index is 0.167. The Hall–Kier alpha value is -2.12. The summed E-state index contributed by atoms with van der Waals surface area (Å²) in [7, 11) is 0. The smallest absolute Gasteiger partial charge is 0.142 e. The van der Waals surface area contributed by atoms with Crippen LogP contribution in [0.4, 0.5) is 4.39 Å². The summed E-state index contributed by atoms with van der Waals surface area (Å²) in [5.74, 6) is -0.392. The molecular formula is C19H14ClF. The summed E-state index contributed by atoms with van der Waals surface area (Å²) in [6.45, 7) is 2.07. The first-order chi connectivity index (χ1) is 10.1. The molecule has 0 saturated heterocycles. The fraction of sp³-hybridized carbons (Fsp3) is 0.0526. The number of halogens is 2. The van der Waals surface area contributed by atoms with Crippen LogP contribution in [0.1, 0.15) is 5.56 Å². The molecule has 0 amide bonds. The molecule has 0 aliphatic rings. The van der Waals surface area contributed by atoms with E-state index >= 15 is 0 Å². The fourth-order valence-electron chi connectivity index (χ4n) is 2.31. The van der Waals surface area contributed by atoms with Gasteiger partial charge in [-0.05, 0) is 29.7 Å². The molecule has 21 heavy (non-hydrogen) atoms. The van der Waals surface area contributed by atoms with Gasteiger partial charge in [-0.2, -0.15) is 0 Å². The molecule has 2 heteroatoms. The van der Waals surface area contributed by atoms with Crippen molar-refractivity contribution in [3.63, 3.8) is 0 Å². The van der Waals surface area contributed by atoms with Gasteiger partial charge in [0.1, 0.15) is 5.82 Å². The van der Waals surface area contributed by atoms with Crippen molar-refractivity contribution in [1.82, 2.24) is 0 Å². The van der Waals surface area contributed by atoms with Crippen LogP contribution in [0.5, 0.6) is 0 Å². The lowest BCUT2D eigenvalue weighted by Gasteiger charge is -2.07. The van der Waals surface area contributed by atoms with Crippen molar-refractivity contribution in [2.75, 3.05) is 0 Å². The first kappa shape index (κ1) is 13.8. The second-order valence-electron chi connectivity index (χ2n) is 5.04. The molecule has 0 aliphatic carbocycles. The normalized spacial score (nSPS) is 10.6. The van der Waals surface area contributed by atoms with Gasteiger partial charge in [-0.15, -0.1) is 0 Å². The van der Waals surface area contributed by atoms with Gasteiger partial charge < -0.3 is 0 Å². The van der Waals surface area contributed by atoms with Crippen LogP contribution in [0.2, 0.25) is 5.02 Å². The lowest BCUT2D eigenvalue weighted by atomic mass is 9.99. The van der Waals surface area contributed by atoms with Gasteiger partial charge in [-0.25, -0.2) is 4.39 Å². The van der Waals surface area contributed by atoms with E-state index in [0.29, 0.717) is 5.56 Å². The van der Waals surface area contributed by atoms with E-state index in [1.165, 1.54) is 11.6 Å². The highest BCUT2D eigenvalue weighted by Crippen LogP contribution is 2.31. The van der Waals surface area contributed by atoms with Crippen LogP contribution in [-0.2, 0) is 0 Å². The summed E-state index contributed by atoms with van der Waals surface area (Å²) < 4.78 is 13.5. The van der Waals surface area contributed by atoms with Crippen LogP contribution in [0.3, 0.4) is 0 Å². The van der Waals surface area contributed by atoms with Crippen LogP contribution in [-0.4, -0.2) is 0 Å². The van der Waals surface area contributed by atoms with Gasteiger partial charge in [0.25, 0.3) is 0 Å². The SMILES string of the molecule is Cc1ccc(-c2ccc(-c3cccc(F)c3Cl)cc2)cc1. The molecule has 0 N–H and O–H groups in total. The molecule has 0 spiro atoms. The van der Waals surface area contributed by atoms with E-state index in [9.17, 15) is 4.39 Å². The molecule has 0 nitrogen and oxygen atoms in total. The number of rotatable bonds is 2. The van der Waals surface area contributed by atoms with Crippen LogP contribution in [0.15, 0.2) is 66.7 Å². The van der Waals surface area contributed by atoms with Crippen molar-refractivity contribution in [3.05, 3.63) is 83.1 Å². The third-order valence-corrected chi connectivity index (χ3v) is 3.92. The third-order valence-electron chi connectivity index (χ3n) is 3.53. The van der Waals surface area contributed by atoms with Crippen LogP contribution >= 0.6 is 11.6 Å². The van der Waals surface area contributed by atoms with Crippen LogP contribution < -0.4 is 0 Å². The zero-order valence-corrected chi connectivity index (χ0v) is 12.4. The predicted molar refractivity (Wildman–Crippen MR) is 87.0 cm³/mol. The van der Waals surface area contributed by atoms with Gasteiger partial charge in [0.2, 0.25) is 0 Å². The Labute approximate surface area is 128 Å². The molecule has 0 aliphatic heterocycles. The summed E-state index contributed by atoms with van der Waals surface area (Å²) in [5, 5.41) is 0.167. The number of benzene rings is 3. The first-order valence-electron chi connectivity index (χ1n) is 6.76. The van der Waals surface area contributed by atoms with E-state index in [0.717, 1.165) is 16.7 Å². The van der Waals surface area contributed by atoms with Gasteiger partial charge in [-0.1, -0.05) is 77.8 Å². The van der Waals surface area contributed by atoms with E-state index in [1.54, 1.807) is 6.07 Å². The lowest BCUT2D eigenvalue weighted by Crippen LogP contribution is -1.84. The molecule has 0 fully saturated rings. The minimum Gasteiger partial charge on any atom is -0.205 e. The van der Waals surface area contributed by atoms with Crippen molar-refractivity contribution in [2.24, 2.45) is 0 Å². The van der Waals surface area contributed by atoms with E-state index in [1.807, 2.05) is 30.3 Å². The molecule has 0 atom stereocenters. The molecule has 0 bridgehead atoms. The minimum atomic E-state index is -0.392. The molecule has 3 aromatic rings. The average Bonchev–Trinajstić information content (AvgIpc) is 2.51. The maximum atomic E-state index is 13.5. The van der Waals surface area contributed by atoms with E-state index in [-0.39, 0.29) is 5.02 Å². The largest absolute Gasteiger partial charge is 0.205 e. The molecule has 0 saturated carbocycles. The number of aryl methyl sites for hydroxylation is 1. The fourth-order valence-corrected chi connectivity index (χ4v) is 2.55. The number of hydrogen-bond acceptors (Lipinski definition) is 0. The Morgan fingerprint density at radius 2 is 1.24 bits per heavy atom. The van der Waals surface area contributed by atoms with Gasteiger partial charge in [-0.3, -0.25) is 0 Å². The molecule has 3 rings (SSSR count). The first-order valence-corrected chi connectivity index (χ1v) is 7.14. The van der Waals surface area contributed by atoms with E-state index < -0.39 is 5.82 Å². The van der Waals surface area contributed by atoms with Gasteiger partial charge in [0.15, 0.2) is 0 Å². The average molecular weight is 297 g/mol. The zero-order chi connectivity index (χ0) is 14.8. The molecular weight excluding hydrogens is 283 g/mol. The summed E-state index contributed by atoms with van der Waals surface area (Å²) >= 11 is 6.03. The Balaban J connectivity index is 1.97. The van der Waals surface area contributed by atoms with Gasteiger partial charge >= 0.3 is 0 Å². The Morgan fingerprint density at radius 3 is 1.86 bits per heavy atom. The van der Waals surface area contributed by atoms with E-state index in [2.05, 4.69) is 31.2 Å². The van der Waals surface area contributed by atoms with Crippen molar-refractivity contribution >= 4 is 11.6 Å². The highest BCUT2D eigenvalue weighted by molar-refractivity contribution is 6.33. The standard InChI is InChI=1S/C19H14ClF/c1-13-5-7-14(8-6-13)15-9-11-16(12-10-15)17-3-2-4-18(21)19(17)20/h2-12H,1H3. The second-order valence-corrected chi connectivity index (χ2v) is 5.42. The predicted octanol–water partition coefficient (Wildman–Crippen LogP) is 6.12.